The lowest BCUT2D eigenvalue weighted by Crippen LogP contribution is -2.53. The van der Waals surface area contributed by atoms with E-state index in [1.54, 1.807) is 0 Å². The first kappa shape index (κ1) is 11.4. The maximum atomic E-state index is 10.7. The van der Waals surface area contributed by atoms with Gasteiger partial charge in [-0.2, -0.15) is 0 Å². The van der Waals surface area contributed by atoms with Gasteiger partial charge in [0.2, 0.25) is 0 Å². The third-order valence-corrected chi connectivity index (χ3v) is 2.46. The van der Waals surface area contributed by atoms with E-state index in [1.165, 1.54) is 0 Å². The molecule has 1 aliphatic rings. The molecule has 1 rings (SSSR count). The molecule has 0 saturated carbocycles. The van der Waals surface area contributed by atoms with Crippen LogP contribution in [-0.2, 0) is 14.4 Å². The minimum atomic E-state index is -1.29. The molecule has 0 radical (unpaired) electrons. The lowest BCUT2D eigenvalue weighted by Gasteiger charge is -2.30. The topological polar surface area (TPSA) is 124 Å². The molecule has 3 atom stereocenters. The summed E-state index contributed by atoms with van der Waals surface area (Å²) in [5.41, 5.74) is 0. The summed E-state index contributed by atoms with van der Waals surface area (Å²) in [6.07, 6.45) is -0.158. The summed E-state index contributed by atoms with van der Waals surface area (Å²) >= 11 is 0. The largest absolute Gasteiger partial charge is 0.481 e. The van der Waals surface area contributed by atoms with E-state index in [9.17, 15) is 14.4 Å². The van der Waals surface area contributed by atoms with E-state index in [2.05, 4.69) is 5.32 Å². The average molecular weight is 217 g/mol. The van der Waals surface area contributed by atoms with Gasteiger partial charge in [0, 0.05) is 6.54 Å². The maximum Gasteiger partial charge on any atom is 0.321 e. The van der Waals surface area contributed by atoms with E-state index in [0.29, 0.717) is 0 Å². The van der Waals surface area contributed by atoms with Crippen LogP contribution in [0.25, 0.3) is 0 Å². The van der Waals surface area contributed by atoms with Crippen molar-refractivity contribution in [2.24, 2.45) is 11.8 Å². The highest BCUT2D eigenvalue weighted by molar-refractivity contribution is 5.84. The van der Waals surface area contributed by atoms with Gasteiger partial charge in [0.1, 0.15) is 6.04 Å². The molecule has 0 spiro atoms. The zero-order chi connectivity index (χ0) is 11.6. The summed E-state index contributed by atoms with van der Waals surface area (Å²) in [6, 6.07) is -1.21. The summed E-state index contributed by atoms with van der Waals surface area (Å²) in [5, 5.41) is 28.6. The van der Waals surface area contributed by atoms with E-state index in [-0.39, 0.29) is 13.0 Å². The Morgan fingerprint density at radius 3 is 2.00 bits per heavy atom. The van der Waals surface area contributed by atoms with Crippen molar-refractivity contribution in [3.63, 3.8) is 0 Å². The van der Waals surface area contributed by atoms with Crippen LogP contribution in [0.1, 0.15) is 6.42 Å². The van der Waals surface area contributed by atoms with Gasteiger partial charge >= 0.3 is 17.9 Å². The molecule has 1 aliphatic heterocycles. The fourth-order valence-corrected chi connectivity index (χ4v) is 1.63. The first-order valence-corrected chi connectivity index (χ1v) is 4.35. The molecule has 1 fully saturated rings. The Balaban J connectivity index is 2.78. The van der Waals surface area contributed by atoms with Crippen molar-refractivity contribution in [2.45, 2.75) is 12.5 Å². The van der Waals surface area contributed by atoms with Crippen molar-refractivity contribution >= 4 is 17.9 Å². The Morgan fingerprint density at radius 2 is 1.60 bits per heavy atom. The number of carboxylic acid groups (broad SMARTS) is 3. The molecule has 0 bridgehead atoms. The van der Waals surface area contributed by atoms with Crippen LogP contribution in [-0.4, -0.2) is 45.8 Å². The molecule has 0 aromatic rings. The van der Waals surface area contributed by atoms with Crippen molar-refractivity contribution in [3.8, 4) is 0 Å². The highest BCUT2D eigenvalue weighted by Gasteiger charge is 2.41. The lowest BCUT2D eigenvalue weighted by molar-refractivity contribution is -0.156. The van der Waals surface area contributed by atoms with Crippen LogP contribution >= 0.6 is 0 Å². The molecule has 7 nitrogen and oxygen atoms in total. The maximum absolute atomic E-state index is 10.7. The molecule has 84 valence electrons. The Labute approximate surface area is 84.7 Å². The van der Waals surface area contributed by atoms with Gasteiger partial charge in [-0.1, -0.05) is 0 Å². The van der Waals surface area contributed by atoms with Crippen LogP contribution in [0.2, 0.25) is 0 Å². The first-order valence-electron chi connectivity index (χ1n) is 4.35. The monoisotopic (exact) mass is 217 g/mol. The second-order valence-electron chi connectivity index (χ2n) is 3.44. The number of rotatable bonds is 3. The predicted octanol–water partition coefficient (Wildman–Crippen LogP) is -1.17. The number of nitrogens with one attached hydrogen (secondary N) is 1. The Hall–Kier alpha value is -1.63. The van der Waals surface area contributed by atoms with E-state index in [0.717, 1.165) is 0 Å². The minimum absolute atomic E-state index is 0.0178. The third-order valence-electron chi connectivity index (χ3n) is 2.46. The van der Waals surface area contributed by atoms with Crippen molar-refractivity contribution in [1.82, 2.24) is 5.32 Å². The van der Waals surface area contributed by atoms with Gasteiger partial charge in [-0.05, 0) is 6.42 Å². The molecule has 0 aromatic carbocycles. The molecule has 0 aromatic heterocycles. The SMILES string of the molecule is O=C(O)C1CNC(C(=O)O)C(C(=O)O)C1. The summed E-state index contributed by atoms with van der Waals surface area (Å²) in [4.78, 5) is 32.0. The highest BCUT2D eigenvalue weighted by Crippen LogP contribution is 2.22. The number of piperidine rings is 1. The number of carboxylic acids is 3. The molecule has 7 heteroatoms. The van der Waals surface area contributed by atoms with Gasteiger partial charge in [-0.25, -0.2) is 0 Å². The smallest absolute Gasteiger partial charge is 0.321 e. The highest BCUT2D eigenvalue weighted by atomic mass is 16.4. The Bertz CT molecular complexity index is 302. The van der Waals surface area contributed by atoms with Crippen LogP contribution in [0.4, 0.5) is 0 Å². The zero-order valence-electron chi connectivity index (χ0n) is 7.71. The number of hydrogen-bond donors (Lipinski definition) is 4. The third kappa shape index (κ3) is 2.44. The zero-order valence-corrected chi connectivity index (χ0v) is 7.71. The van der Waals surface area contributed by atoms with Gasteiger partial charge < -0.3 is 20.6 Å². The predicted molar refractivity (Wildman–Crippen MR) is 46.3 cm³/mol. The van der Waals surface area contributed by atoms with Crippen LogP contribution in [0, 0.1) is 11.8 Å². The van der Waals surface area contributed by atoms with Crippen LogP contribution in [0.3, 0.4) is 0 Å². The molecular weight excluding hydrogens is 206 g/mol. The fraction of sp³-hybridized carbons (Fsp3) is 0.625. The molecule has 0 amide bonds. The summed E-state index contributed by atoms with van der Waals surface area (Å²) in [5.74, 6) is -5.72. The second kappa shape index (κ2) is 4.26. The van der Waals surface area contributed by atoms with Gasteiger partial charge in [0.15, 0.2) is 0 Å². The molecule has 4 N–H and O–H groups in total. The number of carbonyl (C=O) groups is 3. The van der Waals surface area contributed by atoms with Gasteiger partial charge in [-0.3, -0.25) is 14.4 Å². The summed E-state index contributed by atoms with van der Waals surface area (Å²) in [6.45, 7) is -0.0178. The number of hydrogen-bond acceptors (Lipinski definition) is 4. The van der Waals surface area contributed by atoms with Gasteiger partial charge in [-0.15, -0.1) is 0 Å². The minimum Gasteiger partial charge on any atom is -0.481 e. The van der Waals surface area contributed by atoms with Gasteiger partial charge in [0.05, 0.1) is 11.8 Å². The first-order chi connectivity index (χ1) is 6.93. The molecule has 3 unspecified atom stereocenters. The van der Waals surface area contributed by atoms with Crippen molar-refractivity contribution < 1.29 is 29.7 Å². The van der Waals surface area contributed by atoms with Crippen molar-refractivity contribution in [2.75, 3.05) is 6.54 Å². The standard InChI is InChI=1S/C8H11NO6/c10-6(11)3-1-4(7(12)13)5(8(14)15)9-2-3/h3-5,9H,1-2H2,(H,10,11)(H,12,13)(H,14,15). The Kier molecular flexibility index (Phi) is 3.25. The summed E-state index contributed by atoms with van der Waals surface area (Å²) < 4.78 is 0. The van der Waals surface area contributed by atoms with E-state index >= 15 is 0 Å². The average Bonchev–Trinajstić information content (AvgIpc) is 2.16. The fourth-order valence-electron chi connectivity index (χ4n) is 1.63. The molecule has 0 aliphatic carbocycles. The van der Waals surface area contributed by atoms with E-state index in [1.807, 2.05) is 0 Å². The van der Waals surface area contributed by atoms with Crippen molar-refractivity contribution in [1.29, 1.82) is 0 Å². The van der Waals surface area contributed by atoms with Crippen LogP contribution < -0.4 is 5.32 Å². The lowest BCUT2D eigenvalue weighted by atomic mass is 9.84. The molecule has 15 heavy (non-hydrogen) atoms. The van der Waals surface area contributed by atoms with Gasteiger partial charge in [0.25, 0.3) is 0 Å². The van der Waals surface area contributed by atoms with Crippen LogP contribution in [0.5, 0.6) is 0 Å². The molecule has 1 heterocycles. The quantitative estimate of drug-likeness (QED) is 0.469. The van der Waals surface area contributed by atoms with E-state index in [4.69, 9.17) is 15.3 Å². The normalized spacial score (nSPS) is 30.8. The summed E-state index contributed by atoms with van der Waals surface area (Å²) in [7, 11) is 0. The second-order valence-corrected chi connectivity index (χ2v) is 3.44. The van der Waals surface area contributed by atoms with Crippen molar-refractivity contribution in [3.05, 3.63) is 0 Å². The number of aliphatic carboxylic acids is 3. The molecular formula is C8H11NO6. The molecule has 1 saturated heterocycles. The van der Waals surface area contributed by atoms with E-state index < -0.39 is 35.8 Å². The van der Waals surface area contributed by atoms with Crippen LogP contribution in [0.15, 0.2) is 0 Å². The Morgan fingerprint density at radius 1 is 1.00 bits per heavy atom.